The van der Waals surface area contributed by atoms with Crippen molar-refractivity contribution in [1.29, 1.82) is 0 Å². The Kier molecular flexibility index (Phi) is 4.12. The van der Waals surface area contributed by atoms with Gasteiger partial charge in [0.25, 0.3) is 0 Å². The lowest BCUT2D eigenvalue weighted by Gasteiger charge is -2.28. The van der Waals surface area contributed by atoms with Gasteiger partial charge in [-0.25, -0.2) is 9.97 Å². The summed E-state index contributed by atoms with van der Waals surface area (Å²) in [5.74, 6) is 1.53. The molecule has 0 aromatic carbocycles. The Morgan fingerprint density at radius 3 is 2.46 bits per heavy atom. The van der Waals surface area contributed by atoms with Crippen molar-refractivity contribution in [3.05, 3.63) is 55.0 Å². The van der Waals surface area contributed by atoms with Gasteiger partial charge in [-0.05, 0) is 24.3 Å². The molecule has 6 heteroatoms. The Balaban J connectivity index is 1.81. The summed E-state index contributed by atoms with van der Waals surface area (Å²) < 4.78 is 5.45. The van der Waals surface area contributed by atoms with Crippen molar-refractivity contribution in [1.82, 2.24) is 19.9 Å². The van der Waals surface area contributed by atoms with E-state index in [1.165, 1.54) is 0 Å². The molecular formula is C18H17N5O. The minimum atomic E-state index is 0.631. The Labute approximate surface area is 140 Å². The number of morpholine rings is 1. The van der Waals surface area contributed by atoms with Gasteiger partial charge < -0.3 is 9.64 Å². The minimum absolute atomic E-state index is 0.631. The van der Waals surface area contributed by atoms with E-state index in [2.05, 4.69) is 14.9 Å². The van der Waals surface area contributed by atoms with Crippen LogP contribution < -0.4 is 4.90 Å². The van der Waals surface area contributed by atoms with Crippen LogP contribution in [0.2, 0.25) is 0 Å². The summed E-state index contributed by atoms with van der Waals surface area (Å²) in [6.45, 7) is 3.09. The van der Waals surface area contributed by atoms with Gasteiger partial charge in [0.05, 0.1) is 18.9 Å². The van der Waals surface area contributed by atoms with Crippen LogP contribution in [0.4, 0.5) is 5.82 Å². The van der Waals surface area contributed by atoms with Gasteiger partial charge in [0.1, 0.15) is 11.5 Å². The standard InChI is InChI=1S/C18H17N5O/c1-2-6-20-15(3-1)18-21-16(14-4-7-19-8-5-14)13-17(22-18)23-9-11-24-12-10-23/h1-8,13H,9-12H2. The molecule has 4 rings (SSSR count). The van der Waals surface area contributed by atoms with Crippen molar-refractivity contribution in [2.45, 2.75) is 0 Å². The quantitative estimate of drug-likeness (QED) is 0.739. The molecule has 0 amide bonds. The van der Waals surface area contributed by atoms with Crippen molar-refractivity contribution < 1.29 is 4.74 Å². The summed E-state index contributed by atoms with van der Waals surface area (Å²) in [6.07, 6.45) is 5.30. The Morgan fingerprint density at radius 2 is 1.71 bits per heavy atom. The third-order valence-electron chi connectivity index (χ3n) is 3.92. The largest absolute Gasteiger partial charge is 0.378 e. The first-order valence-corrected chi connectivity index (χ1v) is 7.94. The molecule has 6 nitrogen and oxygen atoms in total. The summed E-state index contributed by atoms with van der Waals surface area (Å²) in [5.41, 5.74) is 2.65. The summed E-state index contributed by atoms with van der Waals surface area (Å²) in [4.78, 5) is 20.1. The van der Waals surface area contributed by atoms with E-state index in [1.54, 1.807) is 18.6 Å². The molecule has 1 aliphatic rings. The van der Waals surface area contributed by atoms with Crippen LogP contribution in [0.3, 0.4) is 0 Å². The number of pyridine rings is 2. The predicted molar refractivity (Wildman–Crippen MR) is 91.5 cm³/mol. The first kappa shape index (κ1) is 14.7. The molecular weight excluding hydrogens is 302 g/mol. The number of nitrogens with zero attached hydrogens (tertiary/aromatic N) is 5. The zero-order chi connectivity index (χ0) is 16.2. The van der Waals surface area contributed by atoms with Crippen LogP contribution in [0.5, 0.6) is 0 Å². The highest BCUT2D eigenvalue weighted by Crippen LogP contribution is 2.25. The number of aromatic nitrogens is 4. The SMILES string of the molecule is c1ccc(-c2nc(-c3ccncc3)cc(N3CCOCC3)n2)nc1. The highest BCUT2D eigenvalue weighted by Gasteiger charge is 2.16. The van der Waals surface area contributed by atoms with Gasteiger partial charge in [-0.2, -0.15) is 0 Å². The fourth-order valence-corrected chi connectivity index (χ4v) is 2.67. The van der Waals surface area contributed by atoms with E-state index in [0.717, 1.165) is 35.9 Å². The van der Waals surface area contributed by atoms with Crippen LogP contribution in [-0.4, -0.2) is 46.2 Å². The lowest BCUT2D eigenvalue weighted by molar-refractivity contribution is 0.122. The summed E-state index contributed by atoms with van der Waals surface area (Å²) >= 11 is 0. The average molecular weight is 319 g/mol. The zero-order valence-electron chi connectivity index (χ0n) is 13.2. The number of anilines is 1. The van der Waals surface area contributed by atoms with Crippen LogP contribution in [0.1, 0.15) is 0 Å². The molecule has 0 N–H and O–H groups in total. The molecule has 3 aromatic rings. The van der Waals surface area contributed by atoms with Crippen LogP contribution in [0.25, 0.3) is 22.8 Å². The normalized spacial score (nSPS) is 14.6. The summed E-state index contributed by atoms with van der Waals surface area (Å²) in [7, 11) is 0. The second-order valence-corrected chi connectivity index (χ2v) is 5.49. The fourth-order valence-electron chi connectivity index (χ4n) is 2.67. The van der Waals surface area contributed by atoms with E-state index in [9.17, 15) is 0 Å². The van der Waals surface area contributed by atoms with Gasteiger partial charge in [0, 0.05) is 43.3 Å². The van der Waals surface area contributed by atoms with Crippen LogP contribution in [-0.2, 0) is 4.74 Å². The van der Waals surface area contributed by atoms with Crippen LogP contribution >= 0.6 is 0 Å². The van der Waals surface area contributed by atoms with Crippen molar-refractivity contribution >= 4 is 5.82 Å². The molecule has 0 unspecified atom stereocenters. The highest BCUT2D eigenvalue weighted by molar-refractivity contribution is 5.66. The Bertz CT molecular complexity index is 746. The molecule has 0 saturated carbocycles. The molecule has 1 fully saturated rings. The second-order valence-electron chi connectivity index (χ2n) is 5.49. The third kappa shape index (κ3) is 3.09. The molecule has 0 aliphatic carbocycles. The van der Waals surface area contributed by atoms with Gasteiger partial charge >= 0.3 is 0 Å². The van der Waals surface area contributed by atoms with Crippen molar-refractivity contribution in [3.8, 4) is 22.8 Å². The maximum absolute atomic E-state index is 5.45. The molecule has 1 saturated heterocycles. The number of ether oxygens (including phenoxy) is 1. The van der Waals surface area contributed by atoms with Gasteiger partial charge in [-0.1, -0.05) is 6.07 Å². The van der Waals surface area contributed by atoms with Crippen LogP contribution in [0, 0.1) is 0 Å². The topological polar surface area (TPSA) is 64.0 Å². The molecule has 0 atom stereocenters. The molecule has 0 bridgehead atoms. The Morgan fingerprint density at radius 1 is 0.875 bits per heavy atom. The molecule has 0 spiro atoms. The van der Waals surface area contributed by atoms with Crippen molar-refractivity contribution in [3.63, 3.8) is 0 Å². The maximum Gasteiger partial charge on any atom is 0.180 e. The zero-order valence-corrected chi connectivity index (χ0v) is 13.2. The predicted octanol–water partition coefficient (Wildman–Crippen LogP) is 2.44. The fraction of sp³-hybridized carbons (Fsp3) is 0.222. The third-order valence-corrected chi connectivity index (χ3v) is 3.92. The average Bonchev–Trinajstić information content (AvgIpc) is 2.70. The van der Waals surface area contributed by atoms with E-state index in [1.807, 2.05) is 36.4 Å². The molecule has 4 heterocycles. The molecule has 120 valence electrons. The van der Waals surface area contributed by atoms with Crippen LogP contribution in [0.15, 0.2) is 55.0 Å². The van der Waals surface area contributed by atoms with Crippen molar-refractivity contribution in [2.75, 3.05) is 31.2 Å². The van der Waals surface area contributed by atoms with Gasteiger partial charge in [-0.15, -0.1) is 0 Å². The number of rotatable bonds is 3. The first-order chi connectivity index (χ1) is 11.9. The lowest BCUT2D eigenvalue weighted by Crippen LogP contribution is -2.36. The van der Waals surface area contributed by atoms with E-state index in [-0.39, 0.29) is 0 Å². The van der Waals surface area contributed by atoms with Gasteiger partial charge in [0.2, 0.25) is 0 Å². The van der Waals surface area contributed by atoms with Gasteiger partial charge in [0.15, 0.2) is 5.82 Å². The molecule has 24 heavy (non-hydrogen) atoms. The monoisotopic (exact) mass is 319 g/mol. The Hall–Kier alpha value is -2.86. The molecule has 1 aliphatic heterocycles. The smallest absolute Gasteiger partial charge is 0.180 e. The molecule has 3 aromatic heterocycles. The van der Waals surface area contributed by atoms with Gasteiger partial charge in [-0.3, -0.25) is 9.97 Å². The van der Waals surface area contributed by atoms with E-state index in [0.29, 0.717) is 19.0 Å². The van der Waals surface area contributed by atoms with E-state index in [4.69, 9.17) is 14.7 Å². The number of hydrogen-bond acceptors (Lipinski definition) is 6. The highest BCUT2D eigenvalue weighted by atomic mass is 16.5. The summed E-state index contributed by atoms with van der Waals surface area (Å²) in [6, 6.07) is 11.7. The number of hydrogen-bond donors (Lipinski definition) is 0. The van der Waals surface area contributed by atoms with E-state index >= 15 is 0 Å². The second kappa shape index (κ2) is 6.72. The van der Waals surface area contributed by atoms with Crippen molar-refractivity contribution in [2.24, 2.45) is 0 Å². The summed E-state index contributed by atoms with van der Waals surface area (Å²) in [5, 5.41) is 0. The first-order valence-electron chi connectivity index (χ1n) is 7.94. The minimum Gasteiger partial charge on any atom is -0.378 e. The van der Waals surface area contributed by atoms with E-state index < -0.39 is 0 Å². The maximum atomic E-state index is 5.45. The molecule has 0 radical (unpaired) electrons. The lowest BCUT2D eigenvalue weighted by atomic mass is 10.2.